The van der Waals surface area contributed by atoms with Crippen molar-refractivity contribution in [3.05, 3.63) is 18.2 Å². The fourth-order valence-electron chi connectivity index (χ4n) is 1.21. The molecule has 0 spiro atoms. The van der Waals surface area contributed by atoms with Crippen LogP contribution in [0.15, 0.2) is 18.2 Å². The van der Waals surface area contributed by atoms with Gasteiger partial charge < -0.3 is 18.4 Å². The molecule has 1 aromatic carbocycles. The van der Waals surface area contributed by atoms with E-state index in [1.807, 2.05) is 0 Å². The van der Waals surface area contributed by atoms with Crippen molar-refractivity contribution in [1.82, 2.24) is 0 Å². The molecule has 1 rings (SSSR count). The molecule has 0 saturated carbocycles. The van der Waals surface area contributed by atoms with Gasteiger partial charge in [0.25, 0.3) is 0 Å². The molecule has 0 bridgehead atoms. The van der Waals surface area contributed by atoms with Gasteiger partial charge in [0.2, 0.25) is 0 Å². The lowest BCUT2D eigenvalue weighted by Crippen LogP contribution is -2.28. The molecule has 0 fully saturated rings. The third kappa shape index (κ3) is 4.97. The Hall–Kier alpha value is -1.68. The molecule has 0 radical (unpaired) electrons. The third-order valence-corrected chi connectivity index (χ3v) is 3.11. The van der Waals surface area contributed by atoms with E-state index in [-0.39, 0.29) is 24.7 Å². The molecule has 21 heavy (non-hydrogen) atoms. The Labute approximate surface area is 119 Å². The molecule has 0 N–H and O–H groups in total. The third-order valence-electron chi connectivity index (χ3n) is 2.13. The second-order valence-electron chi connectivity index (χ2n) is 3.67. The van der Waals surface area contributed by atoms with E-state index >= 15 is 0 Å². The summed E-state index contributed by atoms with van der Waals surface area (Å²) in [5.41, 5.74) is -5.52. The van der Waals surface area contributed by atoms with E-state index in [0.29, 0.717) is 0 Å². The van der Waals surface area contributed by atoms with Crippen molar-refractivity contribution in [2.45, 2.75) is 5.51 Å². The highest BCUT2D eigenvalue weighted by Crippen LogP contribution is 2.32. The summed E-state index contributed by atoms with van der Waals surface area (Å²) in [5, 5.41) is 0. The van der Waals surface area contributed by atoms with Crippen LogP contribution in [0.1, 0.15) is 0 Å². The van der Waals surface area contributed by atoms with Crippen molar-refractivity contribution in [2.24, 2.45) is 0 Å². The number of hydrogen-bond acceptors (Lipinski definition) is 6. The number of methoxy groups -OCH3 is 2. The molecule has 1 aromatic rings. The van der Waals surface area contributed by atoms with Crippen LogP contribution in [0.25, 0.3) is 0 Å². The fraction of sp³-hybridized carbons (Fsp3) is 0.455. The number of halogens is 3. The lowest BCUT2D eigenvalue weighted by atomic mass is 10.3. The molecular formula is C11H13F3O6S. The first-order chi connectivity index (χ1) is 9.69. The van der Waals surface area contributed by atoms with E-state index in [1.165, 1.54) is 20.3 Å². The first kappa shape index (κ1) is 17.4. The van der Waals surface area contributed by atoms with Gasteiger partial charge in [0.05, 0.1) is 13.7 Å². The van der Waals surface area contributed by atoms with Gasteiger partial charge in [0.15, 0.2) is 0 Å². The Kier molecular flexibility index (Phi) is 5.67. The Bertz CT molecular complexity index is 570. The molecule has 6 nitrogen and oxygen atoms in total. The van der Waals surface area contributed by atoms with Gasteiger partial charge in [-0.15, -0.1) is 0 Å². The minimum Gasteiger partial charge on any atom is -0.496 e. The molecule has 0 amide bonds. The highest BCUT2D eigenvalue weighted by atomic mass is 32.2. The Morgan fingerprint density at radius 3 is 2.10 bits per heavy atom. The Morgan fingerprint density at radius 2 is 1.57 bits per heavy atom. The minimum atomic E-state index is -5.75. The van der Waals surface area contributed by atoms with Crippen molar-refractivity contribution in [3.63, 3.8) is 0 Å². The molecule has 0 aliphatic rings. The van der Waals surface area contributed by atoms with Gasteiger partial charge in [-0.2, -0.15) is 21.6 Å². The Balaban J connectivity index is 2.99. The average molecular weight is 330 g/mol. The number of alkyl halides is 3. The SMILES string of the molecule is COCCOc1cc(OC)cc(OS(=O)(=O)C(F)(F)F)c1. The van der Waals surface area contributed by atoms with Crippen molar-refractivity contribution in [1.29, 1.82) is 0 Å². The van der Waals surface area contributed by atoms with E-state index in [0.717, 1.165) is 12.1 Å². The number of hydrogen-bond donors (Lipinski definition) is 0. The topological polar surface area (TPSA) is 71.1 Å². The van der Waals surface area contributed by atoms with Crippen LogP contribution in [-0.4, -0.2) is 41.4 Å². The summed E-state index contributed by atoms with van der Waals surface area (Å²) in [5.74, 6) is -0.407. The molecule has 0 atom stereocenters. The molecule has 0 aliphatic carbocycles. The summed E-state index contributed by atoms with van der Waals surface area (Å²) in [6.45, 7) is 0.364. The van der Waals surface area contributed by atoms with Crippen molar-refractivity contribution >= 4 is 10.1 Å². The van der Waals surface area contributed by atoms with Crippen LogP contribution in [0, 0.1) is 0 Å². The zero-order valence-corrected chi connectivity index (χ0v) is 12.0. The van der Waals surface area contributed by atoms with Crippen LogP contribution in [-0.2, 0) is 14.9 Å². The van der Waals surface area contributed by atoms with Gasteiger partial charge in [-0.3, -0.25) is 0 Å². The van der Waals surface area contributed by atoms with Gasteiger partial charge in [-0.05, 0) is 0 Å². The van der Waals surface area contributed by atoms with E-state index in [4.69, 9.17) is 14.2 Å². The van der Waals surface area contributed by atoms with Gasteiger partial charge in [-0.1, -0.05) is 0 Å². The molecule has 0 unspecified atom stereocenters. The predicted octanol–water partition coefficient (Wildman–Crippen LogP) is 1.95. The molecular weight excluding hydrogens is 317 g/mol. The van der Waals surface area contributed by atoms with E-state index in [1.54, 1.807) is 0 Å². The maximum atomic E-state index is 12.3. The minimum absolute atomic E-state index is 0.0808. The summed E-state index contributed by atoms with van der Waals surface area (Å²) in [6.07, 6.45) is 0. The van der Waals surface area contributed by atoms with Crippen molar-refractivity contribution < 1.29 is 40.0 Å². The summed E-state index contributed by atoms with van der Waals surface area (Å²) in [4.78, 5) is 0. The molecule has 120 valence electrons. The first-order valence-electron chi connectivity index (χ1n) is 5.51. The van der Waals surface area contributed by atoms with Crippen LogP contribution in [0.5, 0.6) is 17.2 Å². The molecule has 0 aromatic heterocycles. The lowest BCUT2D eigenvalue weighted by molar-refractivity contribution is -0.0500. The maximum Gasteiger partial charge on any atom is 0.534 e. The van der Waals surface area contributed by atoms with Crippen LogP contribution < -0.4 is 13.7 Å². The van der Waals surface area contributed by atoms with Crippen LogP contribution in [0.4, 0.5) is 13.2 Å². The summed E-state index contributed by atoms with van der Waals surface area (Å²) in [6, 6.07) is 3.36. The summed E-state index contributed by atoms with van der Waals surface area (Å²) in [7, 11) is -3.05. The quantitative estimate of drug-likeness (QED) is 0.432. The Morgan fingerprint density at radius 1 is 1.00 bits per heavy atom. The van der Waals surface area contributed by atoms with Crippen LogP contribution >= 0.6 is 0 Å². The molecule has 0 saturated heterocycles. The van der Waals surface area contributed by atoms with Gasteiger partial charge in [0, 0.05) is 25.3 Å². The number of ether oxygens (including phenoxy) is 3. The largest absolute Gasteiger partial charge is 0.534 e. The normalized spacial score (nSPS) is 12.0. The number of rotatable bonds is 7. The molecule has 0 aliphatic heterocycles. The first-order valence-corrected chi connectivity index (χ1v) is 6.92. The standard InChI is InChI=1S/C11H13F3O6S/c1-17-3-4-19-9-5-8(18-2)6-10(7-9)20-21(15,16)11(12,13)14/h5-7H,3-4H2,1-2H3. The second-order valence-corrected chi connectivity index (χ2v) is 5.21. The zero-order chi connectivity index (χ0) is 16.1. The predicted molar refractivity (Wildman–Crippen MR) is 66.0 cm³/mol. The van der Waals surface area contributed by atoms with Crippen molar-refractivity contribution in [2.75, 3.05) is 27.4 Å². The van der Waals surface area contributed by atoms with Gasteiger partial charge in [-0.25, -0.2) is 0 Å². The average Bonchev–Trinajstić information content (AvgIpc) is 2.37. The lowest BCUT2D eigenvalue weighted by Gasteiger charge is -2.12. The van der Waals surface area contributed by atoms with Crippen molar-refractivity contribution in [3.8, 4) is 17.2 Å². The zero-order valence-electron chi connectivity index (χ0n) is 11.1. The maximum absolute atomic E-state index is 12.3. The summed E-state index contributed by atoms with van der Waals surface area (Å²) < 4.78 is 77.4. The van der Waals surface area contributed by atoms with Gasteiger partial charge >= 0.3 is 15.6 Å². The van der Waals surface area contributed by atoms with E-state index in [9.17, 15) is 21.6 Å². The smallest absolute Gasteiger partial charge is 0.496 e. The highest BCUT2D eigenvalue weighted by Gasteiger charge is 2.48. The van der Waals surface area contributed by atoms with Crippen LogP contribution in [0.3, 0.4) is 0 Å². The van der Waals surface area contributed by atoms with E-state index < -0.39 is 21.4 Å². The monoisotopic (exact) mass is 330 g/mol. The van der Waals surface area contributed by atoms with Gasteiger partial charge in [0.1, 0.15) is 23.9 Å². The molecule has 10 heteroatoms. The van der Waals surface area contributed by atoms with E-state index in [2.05, 4.69) is 4.18 Å². The number of benzene rings is 1. The molecule has 0 heterocycles. The summed E-state index contributed by atoms with van der Waals surface area (Å²) >= 11 is 0. The van der Waals surface area contributed by atoms with Crippen LogP contribution in [0.2, 0.25) is 0 Å². The second kappa shape index (κ2) is 6.85. The highest BCUT2D eigenvalue weighted by molar-refractivity contribution is 7.88. The fourth-order valence-corrected chi connectivity index (χ4v) is 1.66.